The van der Waals surface area contributed by atoms with Crippen molar-refractivity contribution in [3.05, 3.63) is 64.7 Å². The molecule has 212 valence electrons. The molecule has 3 saturated heterocycles. The van der Waals surface area contributed by atoms with Crippen LogP contribution in [0.15, 0.2) is 59.1 Å². The fourth-order valence-electron chi connectivity index (χ4n) is 6.19. The molecule has 10 nitrogen and oxygen atoms in total. The van der Waals surface area contributed by atoms with Crippen molar-refractivity contribution < 1.29 is 19.1 Å². The van der Waals surface area contributed by atoms with Crippen molar-refractivity contribution in [3.8, 4) is 17.6 Å². The van der Waals surface area contributed by atoms with Crippen LogP contribution in [0.2, 0.25) is 0 Å². The van der Waals surface area contributed by atoms with E-state index in [0.29, 0.717) is 42.3 Å². The Labute approximate surface area is 243 Å². The number of nitrogens with one attached hydrogen (secondary N) is 3. The molecule has 41 heavy (non-hydrogen) atoms. The molecule has 0 saturated carbocycles. The highest BCUT2D eigenvalue weighted by Gasteiger charge is 2.52. The summed E-state index contributed by atoms with van der Waals surface area (Å²) in [7, 11) is 0. The average molecular weight is 573 g/mol. The van der Waals surface area contributed by atoms with Gasteiger partial charge in [-0.1, -0.05) is 30.0 Å². The summed E-state index contributed by atoms with van der Waals surface area (Å²) >= 11 is 1.48. The lowest BCUT2D eigenvalue weighted by atomic mass is 9.86. The summed E-state index contributed by atoms with van der Waals surface area (Å²) in [5.74, 6) is 1.05. The Hall–Kier alpha value is -4.01. The minimum Gasteiger partial charge on any atom is -0.457 e. The van der Waals surface area contributed by atoms with Crippen molar-refractivity contribution in [2.45, 2.75) is 50.1 Å². The van der Waals surface area contributed by atoms with Gasteiger partial charge in [0.05, 0.1) is 22.4 Å². The number of carbonyl (C=O) groups excluding carboxylic acids is 3. The number of hydrogen-bond acceptors (Lipinski definition) is 7. The van der Waals surface area contributed by atoms with Crippen LogP contribution in [0.5, 0.6) is 11.5 Å². The van der Waals surface area contributed by atoms with E-state index in [2.05, 4.69) is 16.0 Å². The molecule has 0 aliphatic carbocycles. The van der Waals surface area contributed by atoms with Crippen LogP contribution in [0.25, 0.3) is 0 Å². The lowest BCUT2D eigenvalue weighted by molar-refractivity contribution is -0.131. The molecule has 2 aromatic carbocycles. The predicted molar refractivity (Wildman–Crippen MR) is 155 cm³/mol. The van der Waals surface area contributed by atoms with Crippen LogP contribution in [0, 0.1) is 24.2 Å². The number of aryl methyl sites for hydroxylation is 1. The summed E-state index contributed by atoms with van der Waals surface area (Å²) in [6.07, 6.45) is 1.91. The topological polar surface area (TPSA) is 127 Å². The van der Waals surface area contributed by atoms with Crippen LogP contribution in [-0.2, 0) is 9.59 Å². The van der Waals surface area contributed by atoms with Gasteiger partial charge < -0.3 is 25.6 Å². The maximum Gasteiger partial charge on any atom is 0.326 e. The van der Waals surface area contributed by atoms with Crippen LogP contribution in [0.3, 0.4) is 0 Å². The van der Waals surface area contributed by atoms with E-state index in [0.717, 1.165) is 30.0 Å². The summed E-state index contributed by atoms with van der Waals surface area (Å²) < 4.78 is 5.99. The van der Waals surface area contributed by atoms with E-state index in [1.54, 1.807) is 4.90 Å². The number of amides is 4. The minimum absolute atomic E-state index is 0.0148. The Morgan fingerprint density at radius 2 is 1.90 bits per heavy atom. The Morgan fingerprint density at radius 1 is 1.12 bits per heavy atom. The molecule has 0 bridgehead atoms. The van der Waals surface area contributed by atoms with Crippen molar-refractivity contribution in [2.75, 3.05) is 24.5 Å². The van der Waals surface area contributed by atoms with E-state index in [-0.39, 0.29) is 47.6 Å². The highest BCUT2D eigenvalue weighted by atomic mass is 32.2. The van der Waals surface area contributed by atoms with Crippen LogP contribution in [-0.4, -0.2) is 59.8 Å². The van der Waals surface area contributed by atoms with E-state index in [9.17, 15) is 14.4 Å². The summed E-state index contributed by atoms with van der Waals surface area (Å²) in [6.45, 7) is 3.75. The van der Waals surface area contributed by atoms with E-state index < -0.39 is 0 Å². The van der Waals surface area contributed by atoms with E-state index in [1.165, 1.54) is 11.8 Å². The van der Waals surface area contributed by atoms with Gasteiger partial charge in [-0.2, -0.15) is 5.26 Å². The summed E-state index contributed by atoms with van der Waals surface area (Å²) in [5, 5.41) is 18.5. The fraction of sp³-hybridized carbons (Fsp3) is 0.400. The van der Waals surface area contributed by atoms with Crippen LogP contribution >= 0.6 is 11.8 Å². The third-order valence-corrected chi connectivity index (χ3v) is 9.52. The lowest BCUT2D eigenvalue weighted by Gasteiger charge is -2.46. The maximum atomic E-state index is 13.6. The van der Waals surface area contributed by atoms with Gasteiger partial charge in [0.25, 0.3) is 5.91 Å². The number of nitriles is 1. The standard InChI is InChI=1S/C30H32N6O4S/c1-18-17-21(40-20-5-3-2-4-6-20)7-8-22(18)36-23-10-14-32-29-25(23)26(34-30(36)39)27(41-29)28(38)33-19-11-15-35(16-12-19)24(37)9-13-31/h2-8,17,19,23,25,29,32H,9-12,14-16H2,1H3,(H,33,38)(H,34,39). The molecule has 4 amide bonds. The number of anilines is 1. The predicted octanol–water partition coefficient (Wildman–Crippen LogP) is 3.60. The molecular formula is C30H32N6O4S. The first kappa shape index (κ1) is 27.2. The second-order valence-corrected chi connectivity index (χ2v) is 11.9. The number of thioether (sulfide) groups is 1. The van der Waals surface area contributed by atoms with Crippen molar-refractivity contribution >= 4 is 35.3 Å². The van der Waals surface area contributed by atoms with Gasteiger partial charge in [-0.3, -0.25) is 14.5 Å². The molecule has 3 atom stereocenters. The molecule has 0 radical (unpaired) electrons. The fourth-order valence-corrected chi connectivity index (χ4v) is 7.59. The number of ether oxygens (including phenoxy) is 1. The molecular weight excluding hydrogens is 540 g/mol. The molecule has 3 fully saturated rings. The molecule has 4 heterocycles. The second kappa shape index (κ2) is 11.5. The minimum atomic E-state index is -0.237. The number of hydrogen-bond donors (Lipinski definition) is 3. The summed E-state index contributed by atoms with van der Waals surface area (Å²) in [4.78, 5) is 43.2. The van der Waals surface area contributed by atoms with Crippen molar-refractivity contribution in [1.82, 2.24) is 20.9 Å². The zero-order valence-electron chi connectivity index (χ0n) is 22.8. The van der Waals surface area contributed by atoms with Gasteiger partial charge in [-0.25, -0.2) is 4.79 Å². The number of para-hydroxylation sites is 1. The number of likely N-dealkylation sites (tertiary alicyclic amines) is 1. The Bertz CT molecular complexity index is 1430. The van der Waals surface area contributed by atoms with Crippen molar-refractivity contribution in [3.63, 3.8) is 0 Å². The zero-order chi connectivity index (χ0) is 28.5. The summed E-state index contributed by atoms with van der Waals surface area (Å²) in [6, 6.07) is 16.9. The number of rotatable bonds is 6. The summed E-state index contributed by atoms with van der Waals surface area (Å²) in [5.41, 5.74) is 2.45. The Kier molecular flexibility index (Phi) is 7.60. The monoisotopic (exact) mass is 572 g/mol. The highest BCUT2D eigenvalue weighted by Crippen LogP contribution is 2.48. The molecule has 2 aromatic rings. The average Bonchev–Trinajstić information content (AvgIpc) is 3.34. The van der Waals surface area contributed by atoms with Gasteiger partial charge in [0.1, 0.15) is 17.9 Å². The SMILES string of the molecule is Cc1cc(Oc2ccccc2)ccc1N1C(=O)NC2=C(C(=O)NC3CCN(C(=O)CC#N)CC3)SC3NCCC1C23. The number of piperidine rings is 2. The van der Waals surface area contributed by atoms with Crippen molar-refractivity contribution in [2.24, 2.45) is 5.92 Å². The van der Waals surface area contributed by atoms with Crippen LogP contribution in [0.1, 0.15) is 31.2 Å². The van der Waals surface area contributed by atoms with E-state index >= 15 is 0 Å². The lowest BCUT2D eigenvalue weighted by Crippen LogP contribution is -2.62. The number of benzene rings is 2. The normalized spacial score (nSPS) is 23.9. The highest BCUT2D eigenvalue weighted by molar-refractivity contribution is 8.04. The Morgan fingerprint density at radius 3 is 2.63 bits per heavy atom. The molecule has 11 heteroatoms. The first-order valence-corrected chi connectivity index (χ1v) is 14.8. The van der Waals surface area contributed by atoms with Gasteiger partial charge in [-0.05, 0) is 68.6 Å². The second-order valence-electron chi connectivity index (χ2n) is 10.7. The first-order chi connectivity index (χ1) is 19.9. The van der Waals surface area contributed by atoms with Gasteiger partial charge in [0.2, 0.25) is 5.91 Å². The quantitative estimate of drug-likeness (QED) is 0.483. The van der Waals surface area contributed by atoms with Crippen molar-refractivity contribution in [1.29, 1.82) is 5.26 Å². The number of nitrogens with zero attached hydrogens (tertiary/aromatic N) is 3. The van der Waals surface area contributed by atoms with Crippen LogP contribution in [0.4, 0.5) is 10.5 Å². The third-order valence-electron chi connectivity index (χ3n) is 8.17. The third kappa shape index (κ3) is 5.37. The molecule has 6 rings (SSSR count). The first-order valence-electron chi connectivity index (χ1n) is 14.0. The molecule has 3 unspecified atom stereocenters. The zero-order valence-corrected chi connectivity index (χ0v) is 23.6. The van der Waals surface area contributed by atoms with Crippen LogP contribution < -0.4 is 25.6 Å². The van der Waals surface area contributed by atoms with Gasteiger partial charge in [-0.15, -0.1) is 0 Å². The number of carbonyl (C=O) groups is 3. The molecule has 3 N–H and O–H groups in total. The number of urea groups is 1. The molecule has 0 spiro atoms. The smallest absolute Gasteiger partial charge is 0.326 e. The van der Waals surface area contributed by atoms with Gasteiger partial charge >= 0.3 is 6.03 Å². The molecule has 0 aromatic heterocycles. The van der Waals surface area contributed by atoms with E-state index in [1.807, 2.05) is 66.4 Å². The van der Waals surface area contributed by atoms with Gasteiger partial charge in [0.15, 0.2) is 0 Å². The van der Waals surface area contributed by atoms with Gasteiger partial charge in [0, 0.05) is 36.4 Å². The molecule has 4 aliphatic heterocycles. The Balaban J connectivity index is 1.17. The largest absolute Gasteiger partial charge is 0.457 e. The van der Waals surface area contributed by atoms with E-state index in [4.69, 9.17) is 10.00 Å². The molecule has 4 aliphatic rings. The maximum absolute atomic E-state index is 13.6.